The number of carbonyl (C=O) groups excluding carboxylic acids is 3. The highest BCUT2D eigenvalue weighted by Crippen LogP contribution is 2.34. The van der Waals surface area contributed by atoms with Crippen molar-refractivity contribution in [3.8, 4) is 0 Å². The maximum Gasteiger partial charge on any atom is 0.227 e. The number of rotatable bonds is 5. The van der Waals surface area contributed by atoms with Crippen LogP contribution in [0.2, 0.25) is 0 Å². The van der Waals surface area contributed by atoms with Gasteiger partial charge in [-0.3, -0.25) is 14.4 Å². The average molecular weight is 391 g/mol. The van der Waals surface area contributed by atoms with Gasteiger partial charge in [0.2, 0.25) is 17.7 Å². The maximum atomic E-state index is 12.6. The largest absolute Gasteiger partial charge is 0.352 e. The van der Waals surface area contributed by atoms with E-state index in [-0.39, 0.29) is 30.1 Å². The first-order valence-electron chi connectivity index (χ1n) is 10.1. The fraction of sp³-hybridized carbons (Fsp3) is 0.348. The van der Waals surface area contributed by atoms with Gasteiger partial charge in [-0.05, 0) is 35.7 Å². The van der Waals surface area contributed by atoms with Crippen molar-refractivity contribution in [3.05, 3.63) is 59.7 Å². The second-order valence-corrected chi connectivity index (χ2v) is 7.57. The summed E-state index contributed by atoms with van der Waals surface area (Å²) in [5, 5.41) is 2.94. The zero-order valence-corrected chi connectivity index (χ0v) is 16.6. The summed E-state index contributed by atoms with van der Waals surface area (Å²) in [6.45, 7) is 3.39. The van der Waals surface area contributed by atoms with Crippen LogP contribution in [0.5, 0.6) is 0 Å². The molecule has 6 heteroatoms. The monoisotopic (exact) mass is 391 g/mol. The van der Waals surface area contributed by atoms with Gasteiger partial charge in [0, 0.05) is 43.9 Å². The third-order valence-electron chi connectivity index (χ3n) is 5.68. The van der Waals surface area contributed by atoms with E-state index >= 15 is 0 Å². The van der Waals surface area contributed by atoms with Gasteiger partial charge >= 0.3 is 0 Å². The summed E-state index contributed by atoms with van der Waals surface area (Å²) in [5.41, 5.74) is 3.85. The van der Waals surface area contributed by atoms with Crippen molar-refractivity contribution in [2.75, 3.05) is 22.9 Å². The number of amides is 3. The van der Waals surface area contributed by atoms with Crippen LogP contribution in [0.3, 0.4) is 0 Å². The summed E-state index contributed by atoms with van der Waals surface area (Å²) in [5.74, 6) is -0.364. The first-order chi connectivity index (χ1) is 14.1. The molecule has 0 aromatic heterocycles. The Hall–Kier alpha value is -3.15. The second kappa shape index (κ2) is 8.07. The standard InChI is InChI=1S/C23H25N3O3/c1-2-21(27)25-11-10-17-12-19(8-9-20(17)25)26-15-18(13-22(26)28)23(29)24-14-16-6-4-3-5-7-16/h3-9,12,18H,2,10-11,13-15H2,1H3,(H,24,29). The Bertz CT molecular complexity index is 942. The lowest BCUT2D eigenvalue weighted by atomic mass is 10.1. The molecule has 0 aliphatic carbocycles. The van der Waals surface area contributed by atoms with Gasteiger partial charge < -0.3 is 15.1 Å². The molecule has 1 atom stereocenters. The fourth-order valence-corrected chi connectivity index (χ4v) is 4.07. The summed E-state index contributed by atoms with van der Waals surface area (Å²) in [7, 11) is 0. The Morgan fingerprint density at radius 1 is 1.14 bits per heavy atom. The van der Waals surface area contributed by atoms with E-state index in [1.165, 1.54) is 0 Å². The third-order valence-corrected chi connectivity index (χ3v) is 5.68. The highest BCUT2D eigenvalue weighted by molar-refractivity contribution is 6.01. The Morgan fingerprint density at radius 2 is 1.93 bits per heavy atom. The SMILES string of the molecule is CCC(=O)N1CCc2cc(N3CC(C(=O)NCc4ccccc4)CC3=O)ccc21. The van der Waals surface area contributed by atoms with Gasteiger partial charge in [0.25, 0.3) is 0 Å². The van der Waals surface area contributed by atoms with E-state index in [2.05, 4.69) is 5.32 Å². The first-order valence-corrected chi connectivity index (χ1v) is 10.1. The van der Waals surface area contributed by atoms with Crippen molar-refractivity contribution in [1.82, 2.24) is 5.32 Å². The fourth-order valence-electron chi connectivity index (χ4n) is 4.07. The van der Waals surface area contributed by atoms with Gasteiger partial charge in [-0.1, -0.05) is 37.3 Å². The van der Waals surface area contributed by atoms with Gasteiger partial charge in [0.1, 0.15) is 0 Å². The lowest BCUT2D eigenvalue weighted by Crippen LogP contribution is -2.32. The lowest BCUT2D eigenvalue weighted by Gasteiger charge is -2.20. The van der Waals surface area contributed by atoms with E-state index in [0.29, 0.717) is 26.1 Å². The molecule has 0 bridgehead atoms. The zero-order valence-electron chi connectivity index (χ0n) is 16.6. The number of hydrogen-bond donors (Lipinski definition) is 1. The van der Waals surface area contributed by atoms with Crippen LogP contribution in [0.15, 0.2) is 48.5 Å². The molecular weight excluding hydrogens is 366 g/mol. The Labute approximate surface area is 170 Å². The summed E-state index contributed by atoms with van der Waals surface area (Å²) in [4.78, 5) is 40.7. The van der Waals surface area contributed by atoms with Crippen LogP contribution in [0.25, 0.3) is 0 Å². The first kappa shape index (κ1) is 19.2. The number of hydrogen-bond acceptors (Lipinski definition) is 3. The number of anilines is 2. The quantitative estimate of drug-likeness (QED) is 0.852. The molecule has 0 saturated carbocycles. The van der Waals surface area contributed by atoms with Crippen LogP contribution in [0.4, 0.5) is 11.4 Å². The van der Waals surface area contributed by atoms with Crippen molar-refractivity contribution < 1.29 is 14.4 Å². The summed E-state index contributed by atoms with van der Waals surface area (Å²) < 4.78 is 0. The van der Waals surface area contributed by atoms with Crippen molar-refractivity contribution in [1.29, 1.82) is 0 Å². The molecule has 3 amide bonds. The number of nitrogens with one attached hydrogen (secondary N) is 1. The molecule has 29 heavy (non-hydrogen) atoms. The highest BCUT2D eigenvalue weighted by Gasteiger charge is 2.35. The van der Waals surface area contributed by atoms with Gasteiger partial charge in [0.05, 0.1) is 5.92 Å². The smallest absolute Gasteiger partial charge is 0.227 e. The van der Waals surface area contributed by atoms with Crippen molar-refractivity contribution in [3.63, 3.8) is 0 Å². The Morgan fingerprint density at radius 3 is 2.69 bits per heavy atom. The number of fused-ring (bicyclic) bond motifs is 1. The Balaban J connectivity index is 1.42. The van der Waals surface area contributed by atoms with Crippen molar-refractivity contribution >= 4 is 29.1 Å². The topological polar surface area (TPSA) is 69.7 Å². The molecular formula is C23H25N3O3. The van der Waals surface area contributed by atoms with Crippen molar-refractivity contribution in [2.24, 2.45) is 5.92 Å². The minimum Gasteiger partial charge on any atom is -0.352 e. The molecule has 1 fully saturated rings. The van der Waals surface area contributed by atoms with Gasteiger partial charge in [-0.25, -0.2) is 0 Å². The van der Waals surface area contributed by atoms with Gasteiger partial charge in [-0.15, -0.1) is 0 Å². The van der Waals surface area contributed by atoms with E-state index < -0.39 is 0 Å². The molecule has 0 radical (unpaired) electrons. The molecule has 2 aliphatic rings. The lowest BCUT2D eigenvalue weighted by molar-refractivity contribution is -0.126. The van der Waals surface area contributed by atoms with E-state index in [1.807, 2.05) is 60.4 Å². The normalized spacial score (nSPS) is 18.1. The minimum atomic E-state index is -0.349. The number of carbonyl (C=O) groups is 3. The molecule has 2 heterocycles. The highest BCUT2D eigenvalue weighted by atomic mass is 16.2. The van der Waals surface area contributed by atoms with Crippen molar-refractivity contribution in [2.45, 2.75) is 32.7 Å². The van der Waals surface area contributed by atoms with Crippen LogP contribution in [0, 0.1) is 5.92 Å². The van der Waals surface area contributed by atoms with Crippen LogP contribution in [0.1, 0.15) is 30.9 Å². The molecule has 6 nitrogen and oxygen atoms in total. The van der Waals surface area contributed by atoms with Crippen LogP contribution in [-0.2, 0) is 27.3 Å². The molecule has 2 aromatic rings. The second-order valence-electron chi connectivity index (χ2n) is 7.57. The number of nitrogens with zero attached hydrogens (tertiary/aromatic N) is 2. The van der Waals surface area contributed by atoms with E-state index in [4.69, 9.17) is 0 Å². The molecule has 2 aromatic carbocycles. The van der Waals surface area contributed by atoms with Gasteiger partial charge in [-0.2, -0.15) is 0 Å². The average Bonchev–Trinajstić information content (AvgIpc) is 3.35. The van der Waals surface area contributed by atoms with E-state index in [9.17, 15) is 14.4 Å². The summed E-state index contributed by atoms with van der Waals surface area (Å²) in [6.07, 6.45) is 1.49. The van der Waals surface area contributed by atoms with Crippen LogP contribution < -0.4 is 15.1 Å². The summed E-state index contributed by atoms with van der Waals surface area (Å²) >= 11 is 0. The molecule has 1 unspecified atom stereocenters. The maximum absolute atomic E-state index is 12.6. The molecule has 2 aliphatic heterocycles. The zero-order chi connectivity index (χ0) is 20.4. The molecule has 1 N–H and O–H groups in total. The van der Waals surface area contributed by atoms with E-state index in [1.54, 1.807) is 4.90 Å². The third kappa shape index (κ3) is 3.88. The molecule has 1 saturated heterocycles. The molecule has 0 spiro atoms. The molecule has 150 valence electrons. The van der Waals surface area contributed by atoms with Crippen LogP contribution in [-0.4, -0.2) is 30.8 Å². The minimum absolute atomic E-state index is 0.0377. The number of benzene rings is 2. The predicted octanol–water partition coefficient (Wildman–Crippen LogP) is 2.66. The Kier molecular flexibility index (Phi) is 5.34. The summed E-state index contributed by atoms with van der Waals surface area (Å²) in [6, 6.07) is 15.5. The predicted molar refractivity (Wildman–Crippen MR) is 112 cm³/mol. The van der Waals surface area contributed by atoms with E-state index in [0.717, 1.165) is 28.9 Å². The molecule has 4 rings (SSSR count). The van der Waals surface area contributed by atoms with Gasteiger partial charge in [0.15, 0.2) is 0 Å². The van der Waals surface area contributed by atoms with Crippen LogP contribution >= 0.6 is 0 Å².